The van der Waals surface area contributed by atoms with E-state index in [0.717, 1.165) is 25.9 Å². The number of nitrogens with two attached hydrogens (primary N) is 1. The molecule has 0 bridgehead atoms. The van der Waals surface area contributed by atoms with Gasteiger partial charge in [0.25, 0.3) is 5.56 Å². The molecule has 1 aromatic carbocycles. The van der Waals surface area contributed by atoms with Crippen molar-refractivity contribution >= 4 is 40.3 Å². The molecule has 0 radical (unpaired) electrons. The van der Waals surface area contributed by atoms with E-state index in [2.05, 4.69) is 15.0 Å². The van der Waals surface area contributed by atoms with Crippen LogP contribution in [0, 0.1) is 11.2 Å². The number of fused-ring (bicyclic) bond motifs is 2. The van der Waals surface area contributed by atoms with Gasteiger partial charge in [0.2, 0.25) is 5.95 Å². The summed E-state index contributed by atoms with van der Waals surface area (Å²) in [5.41, 5.74) is 8.25. The van der Waals surface area contributed by atoms with Gasteiger partial charge in [0.05, 0.1) is 18.6 Å². The zero-order valence-corrected chi connectivity index (χ0v) is 20.6. The van der Waals surface area contributed by atoms with Crippen molar-refractivity contribution in [3.63, 3.8) is 0 Å². The molecule has 1 spiro atoms. The molecule has 2 fully saturated rings. The Kier molecular flexibility index (Phi) is 5.85. The first-order valence-corrected chi connectivity index (χ1v) is 11.7. The minimum Gasteiger partial charge on any atom is -0.379 e. The Morgan fingerprint density at radius 2 is 2.09 bits per heavy atom. The van der Waals surface area contributed by atoms with Crippen LogP contribution in [-0.4, -0.2) is 56.7 Å². The number of rotatable bonds is 3. The maximum Gasteiger partial charge on any atom is 0.264 e. The lowest BCUT2D eigenvalue weighted by atomic mass is 9.75. The Bertz CT molecular complexity index is 1470. The van der Waals surface area contributed by atoms with E-state index in [1.54, 1.807) is 22.5 Å². The van der Waals surface area contributed by atoms with E-state index < -0.39 is 5.82 Å². The molecule has 0 amide bonds. The molecule has 1 atom stereocenters. The quantitative estimate of drug-likeness (QED) is 0.447. The predicted octanol–water partition coefficient (Wildman–Crippen LogP) is 2.80. The minimum absolute atomic E-state index is 0. The number of halogens is 2. The standard InChI is InChI=1S/C24H28FN7O2.ClH/c1-3-32-11-15-8-14(9-17(25)20(15)29-32)16-10-27-21-19(16)22(33)30(2)23(28-21)31-6-4-24(5-7-31)13-34-12-18(24)26;/h8-11,18,27H,3-7,12-13,26H2,1-2H3;1H/t18-;/m1./s1. The van der Waals surface area contributed by atoms with E-state index in [1.807, 2.05) is 19.2 Å². The van der Waals surface area contributed by atoms with Crippen molar-refractivity contribution in [2.45, 2.75) is 32.4 Å². The van der Waals surface area contributed by atoms with E-state index >= 15 is 0 Å². The first kappa shape index (κ1) is 23.8. The number of aromatic amines is 1. The minimum atomic E-state index is -0.410. The van der Waals surface area contributed by atoms with Gasteiger partial charge in [-0.05, 0) is 37.5 Å². The van der Waals surface area contributed by atoms with Crippen molar-refractivity contribution in [2.75, 3.05) is 31.2 Å². The van der Waals surface area contributed by atoms with Gasteiger partial charge in [0, 0.05) is 61.5 Å². The summed E-state index contributed by atoms with van der Waals surface area (Å²) in [7, 11) is 1.74. The van der Waals surface area contributed by atoms with Crippen LogP contribution >= 0.6 is 12.4 Å². The lowest BCUT2D eigenvalue weighted by Crippen LogP contribution is -2.50. The number of nitrogens with zero attached hydrogens (tertiary/aromatic N) is 5. The van der Waals surface area contributed by atoms with Crippen molar-refractivity contribution in [3.05, 3.63) is 40.7 Å². The van der Waals surface area contributed by atoms with Gasteiger partial charge in [-0.2, -0.15) is 10.1 Å². The number of aryl methyl sites for hydroxylation is 1. The van der Waals surface area contributed by atoms with E-state index in [0.29, 0.717) is 58.8 Å². The molecule has 5 heterocycles. The fraction of sp³-hybridized carbons (Fsp3) is 0.458. The predicted molar refractivity (Wildman–Crippen MR) is 136 cm³/mol. The molecule has 2 aliphatic rings. The number of hydrogen-bond acceptors (Lipinski definition) is 6. The highest BCUT2D eigenvalue weighted by atomic mass is 35.5. The molecular formula is C24H29ClFN7O2. The molecule has 35 heavy (non-hydrogen) atoms. The monoisotopic (exact) mass is 501 g/mol. The Labute approximate surface area is 207 Å². The van der Waals surface area contributed by atoms with Crippen LogP contribution in [0.2, 0.25) is 0 Å². The number of piperidine rings is 1. The van der Waals surface area contributed by atoms with E-state index in [1.165, 1.54) is 6.07 Å². The Morgan fingerprint density at radius 1 is 1.31 bits per heavy atom. The van der Waals surface area contributed by atoms with Crippen LogP contribution in [0.3, 0.4) is 0 Å². The topological polar surface area (TPSA) is 107 Å². The van der Waals surface area contributed by atoms with Gasteiger partial charge < -0.3 is 20.4 Å². The normalized spacial score (nSPS) is 19.7. The van der Waals surface area contributed by atoms with Gasteiger partial charge in [-0.25, -0.2) is 4.39 Å². The molecule has 0 saturated carbocycles. The van der Waals surface area contributed by atoms with Crippen molar-refractivity contribution in [3.8, 4) is 11.1 Å². The molecule has 3 N–H and O–H groups in total. The van der Waals surface area contributed by atoms with E-state index in [-0.39, 0.29) is 29.4 Å². The lowest BCUT2D eigenvalue weighted by molar-refractivity contribution is 0.131. The summed E-state index contributed by atoms with van der Waals surface area (Å²) in [6, 6.07) is 3.36. The first-order chi connectivity index (χ1) is 16.4. The van der Waals surface area contributed by atoms with E-state index in [9.17, 15) is 9.18 Å². The molecule has 2 saturated heterocycles. The second-order valence-corrected chi connectivity index (χ2v) is 9.55. The third-order valence-electron chi connectivity index (χ3n) is 7.65. The van der Waals surface area contributed by atoms with Crippen molar-refractivity contribution in [1.29, 1.82) is 0 Å². The summed E-state index contributed by atoms with van der Waals surface area (Å²) < 4.78 is 23.7. The fourth-order valence-electron chi connectivity index (χ4n) is 5.46. The molecule has 0 unspecified atom stereocenters. The van der Waals surface area contributed by atoms with Crippen molar-refractivity contribution in [2.24, 2.45) is 18.2 Å². The highest BCUT2D eigenvalue weighted by Gasteiger charge is 2.44. The highest BCUT2D eigenvalue weighted by Crippen LogP contribution is 2.39. The van der Waals surface area contributed by atoms with Crippen molar-refractivity contribution < 1.29 is 9.13 Å². The van der Waals surface area contributed by atoms with Gasteiger partial charge in [-0.15, -0.1) is 12.4 Å². The number of nitrogens with one attached hydrogen (secondary N) is 1. The number of ether oxygens (including phenoxy) is 1. The van der Waals surface area contributed by atoms with Gasteiger partial charge >= 0.3 is 0 Å². The summed E-state index contributed by atoms with van der Waals surface area (Å²) in [6.45, 7) is 5.44. The summed E-state index contributed by atoms with van der Waals surface area (Å²) in [5.74, 6) is 0.214. The molecule has 3 aromatic heterocycles. The van der Waals surface area contributed by atoms with Gasteiger partial charge in [0.1, 0.15) is 11.2 Å². The number of aromatic nitrogens is 5. The van der Waals surface area contributed by atoms with Crippen LogP contribution in [0.1, 0.15) is 19.8 Å². The number of hydrogen-bond donors (Lipinski definition) is 2. The maximum absolute atomic E-state index is 14.8. The SMILES string of the molecule is CCn1cc2cc(-c3c[nH]c4nc(N5CCC6(CC5)COC[C@H]6N)n(C)c(=O)c34)cc(F)c2n1.Cl. The average molecular weight is 502 g/mol. The Morgan fingerprint density at radius 3 is 2.77 bits per heavy atom. The third kappa shape index (κ3) is 3.62. The zero-order valence-electron chi connectivity index (χ0n) is 19.8. The Hall–Kier alpha value is -2.95. The first-order valence-electron chi connectivity index (χ1n) is 11.7. The zero-order chi connectivity index (χ0) is 23.6. The number of anilines is 1. The molecule has 9 nitrogen and oxygen atoms in total. The van der Waals surface area contributed by atoms with Crippen LogP contribution in [0.5, 0.6) is 0 Å². The van der Waals surface area contributed by atoms with Crippen LogP contribution < -0.4 is 16.2 Å². The number of benzene rings is 1. The molecular weight excluding hydrogens is 473 g/mol. The van der Waals surface area contributed by atoms with Crippen LogP contribution in [0.4, 0.5) is 10.3 Å². The van der Waals surface area contributed by atoms with Crippen LogP contribution in [0.15, 0.2) is 29.3 Å². The summed E-state index contributed by atoms with van der Waals surface area (Å²) in [5, 5.41) is 5.43. The van der Waals surface area contributed by atoms with Gasteiger partial charge in [-0.3, -0.25) is 14.0 Å². The largest absolute Gasteiger partial charge is 0.379 e. The summed E-state index contributed by atoms with van der Waals surface area (Å²) in [6.07, 6.45) is 5.36. The smallest absolute Gasteiger partial charge is 0.264 e. The maximum atomic E-state index is 14.8. The molecule has 0 aliphatic carbocycles. The molecule has 2 aliphatic heterocycles. The van der Waals surface area contributed by atoms with Crippen LogP contribution in [0.25, 0.3) is 33.1 Å². The van der Waals surface area contributed by atoms with Crippen molar-refractivity contribution in [1.82, 2.24) is 24.3 Å². The average Bonchev–Trinajstić information content (AvgIpc) is 3.54. The van der Waals surface area contributed by atoms with Gasteiger partial charge in [-0.1, -0.05) is 0 Å². The second kappa shape index (κ2) is 8.61. The van der Waals surface area contributed by atoms with Gasteiger partial charge in [0.15, 0.2) is 5.82 Å². The second-order valence-electron chi connectivity index (χ2n) is 9.55. The third-order valence-corrected chi connectivity index (χ3v) is 7.65. The highest BCUT2D eigenvalue weighted by molar-refractivity contribution is 5.96. The molecule has 6 rings (SSSR count). The summed E-state index contributed by atoms with van der Waals surface area (Å²) >= 11 is 0. The number of H-pyrrole nitrogens is 1. The lowest BCUT2D eigenvalue weighted by Gasteiger charge is -2.41. The van der Waals surface area contributed by atoms with Crippen LogP contribution in [-0.2, 0) is 18.3 Å². The Balaban J connectivity index is 0.00000253. The van der Waals surface area contributed by atoms with E-state index in [4.69, 9.17) is 15.5 Å². The molecule has 186 valence electrons. The molecule has 11 heteroatoms. The fourth-order valence-corrected chi connectivity index (χ4v) is 5.46. The summed E-state index contributed by atoms with van der Waals surface area (Å²) in [4.78, 5) is 23.6. The molecule has 4 aromatic rings.